The normalized spacial score (nSPS) is 20.8. The van der Waals surface area contributed by atoms with Gasteiger partial charge in [-0.15, -0.1) is 0 Å². The second-order valence-corrected chi connectivity index (χ2v) is 7.53. The first-order chi connectivity index (χ1) is 10.8. The highest BCUT2D eigenvalue weighted by Gasteiger charge is 2.42. The molecule has 0 saturated carbocycles. The highest BCUT2D eigenvalue weighted by molar-refractivity contribution is 5.81. The first-order valence-corrected chi connectivity index (χ1v) is 8.79. The Bertz CT molecular complexity index is 565. The Kier molecular flexibility index (Phi) is 5.38. The largest absolute Gasteiger partial charge is 0.467 e. The van der Waals surface area contributed by atoms with Crippen LogP contribution in [0.4, 0.5) is 5.69 Å². The van der Waals surface area contributed by atoms with Crippen molar-refractivity contribution in [3.05, 3.63) is 29.3 Å². The molecule has 1 aromatic carbocycles. The van der Waals surface area contributed by atoms with Crippen LogP contribution in [-0.2, 0) is 9.53 Å². The van der Waals surface area contributed by atoms with E-state index in [-0.39, 0.29) is 17.6 Å². The number of benzene rings is 1. The number of unbranched alkanes of at least 4 members (excludes halogenated alkanes) is 1. The highest BCUT2D eigenvalue weighted by atomic mass is 16.5. The van der Waals surface area contributed by atoms with Gasteiger partial charge in [0.2, 0.25) is 0 Å². The first kappa shape index (κ1) is 17.8. The minimum absolute atomic E-state index is 0.0612. The minimum atomic E-state index is -0.205. The predicted molar refractivity (Wildman–Crippen MR) is 96.1 cm³/mol. The number of fused-ring (bicyclic) bond motifs is 1. The monoisotopic (exact) mass is 317 g/mol. The second-order valence-electron chi connectivity index (χ2n) is 7.53. The van der Waals surface area contributed by atoms with Crippen molar-refractivity contribution in [2.75, 3.05) is 12.0 Å². The van der Waals surface area contributed by atoms with Crippen molar-refractivity contribution in [2.45, 2.75) is 77.8 Å². The van der Waals surface area contributed by atoms with Crippen LogP contribution in [0.5, 0.6) is 0 Å². The van der Waals surface area contributed by atoms with E-state index >= 15 is 0 Å². The molecule has 0 unspecified atom stereocenters. The zero-order valence-corrected chi connectivity index (χ0v) is 15.5. The molecule has 0 aliphatic carbocycles. The summed E-state index contributed by atoms with van der Waals surface area (Å²) < 4.78 is 5.14. The van der Waals surface area contributed by atoms with Gasteiger partial charge in [-0.1, -0.05) is 44.4 Å². The molecule has 23 heavy (non-hydrogen) atoms. The van der Waals surface area contributed by atoms with E-state index in [0.717, 1.165) is 25.7 Å². The van der Waals surface area contributed by atoms with Gasteiger partial charge in [0.15, 0.2) is 0 Å². The predicted octanol–water partition coefficient (Wildman–Crippen LogP) is 4.82. The van der Waals surface area contributed by atoms with E-state index in [1.807, 2.05) is 0 Å². The van der Waals surface area contributed by atoms with Crippen LogP contribution >= 0.6 is 0 Å². The number of methoxy groups -OCH3 is 1. The second kappa shape index (κ2) is 6.94. The van der Waals surface area contributed by atoms with E-state index in [1.165, 1.54) is 23.9 Å². The lowest BCUT2D eigenvalue weighted by Crippen LogP contribution is -2.56. The van der Waals surface area contributed by atoms with Crippen molar-refractivity contribution in [2.24, 2.45) is 0 Å². The molecule has 0 spiro atoms. The van der Waals surface area contributed by atoms with Crippen LogP contribution in [0.2, 0.25) is 0 Å². The van der Waals surface area contributed by atoms with Crippen molar-refractivity contribution >= 4 is 11.7 Å². The summed E-state index contributed by atoms with van der Waals surface area (Å²) in [4.78, 5) is 14.8. The van der Waals surface area contributed by atoms with E-state index < -0.39 is 0 Å². The lowest BCUT2D eigenvalue weighted by Gasteiger charge is -2.50. The zero-order chi connectivity index (χ0) is 17.2. The number of carbonyl (C=O) groups is 1. The number of anilines is 1. The number of aryl methyl sites for hydroxylation is 1. The SMILES string of the molecule is CCCC[C@H](C(=O)OC)N1c2ccc(C)cc2[C@H](C)CC1(C)C. The van der Waals surface area contributed by atoms with Gasteiger partial charge in [0.25, 0.3) is 0 Å². The van der Waals surface area contributed by atoms with E-state index in [4.69, 9.17) is 4.74 Å². The minimum Gasteiger partial charge on any atom is -0.467 e. The van der Waals surface area contributed by atoms with Gasteiger partial charge < -0.3 is 9.64 Å². The molecule has 1 aliphatic heterocycles. The van der Waals surface area contributed by atoms with Crippen LogP contribution in [0.25, 0.3) is 0 Å². The summed E-state index contributed by atoms with van der Waals surface area (Å²) >= 11 is 0. The van der Waals surface area contributed by atoms with Crippen LogP contribution in [0.3, 0.4) is 0 Å². The molecule has 1 aliphatic rings. The molecule has 128 valence electrons. The smallest absolute Gasteiger partial charge is 0.328 e. The lowest BCUT2D eigenvalue weighted by molar-refractivity contribution is -0.142. The molecule has 0 bridgehead atoms. The molecule has 0 saturated heterocycles. The number of ether oxygens (including phenoxy) is 1. The van der Waals surface area contributed by atoms with Gasteiger partial charge in [-0.3, -0.25) is 0 Å². The molecule has 2 atom stereocenters. The third-order valence-electron chi connectivity index (χ3n) is 5.05. The summed E-state index contributed by atoms with van der Waals surface area (Å²) in [5.74, 6) is 0.383. The van der Waals surface area contributed by atoms with Crippen molar-refractivity contribution in [3.63, 3.8) is 0 Å². The van der Waals surface area contributed by atoms with Gasteiger partial charge in [0.05, 0.1) is 7.11 Å². The summed E-state index contributed by atoms with van der Waals surface area (Å²) in [6, 6.07) is 6.40. The number of carbonyl (C=O) groups excluding carboxylic acids is 1. The van der Waals surface area contributed by atoms with Gasteiger partial charge in [-0.05, 0) is 51.2 Å². The number of hydrogen-bond acceptors (Lipinski definition) is 3. The number of esters is 1. The molecule has 0 aromatic heterocycles. The maximum atomic E-state index is 12.5. The molecular weight excluding hydrogens is 286 g/mol. The Balaban J connectivity index is 2.52. The number of nitrogens with zero attached hydrogens (tertiary/aromatic N) is 1. The molecule has 0 N–H and O–H groups in total. The molecule has 2 rings (SSSR count). The van der Waals surface area contributed by atoms with Gasteiger partial charge in [0, 0.05) is 11.2 Å². The third-order valence-corrected chi connectivity index (χ3v) is 5.05. The van der Waals surface area contributed by atoms with Crippen LogP contribution in [0.1, 0.15) is 70.4 Å². The van der Waals surface area contributed by atoms with Crippen molar-refractivity contribution in [3.8, 4) is 0 Å². The van der Waals surface area contributed by atoms with Crippen molar-refractivity contribution < 1.29 is 9.53 Å². The molecule has 0 radical (unpaired) electrons. The lowest BCUT2D eigenvalue weighted by atomic mass is 9.78. The van der Waals surface area contributed by atoms with Gasteiger partial charge >= 0.3 is 5.97 Å². The fourth-order valence-corrected chi connectivity index (χ4v) is 4.05. The first-order valence-electron chi connectivity index (χ1n) is 8.79. The molecule has 1 heterocycles. The maximum Gasteiger partial charge on any atom is 0.328 e. The molecule has 3 nitrogen and oxygen atoms in total. The van der Waals surface area contributed by atoms with E-state index in [0.29, 0.717) is 5.92 Å². The van der Waals surface area contributed by atoms with Gasteiger partial charge in [0.1, 0.15) is 6.04 Å². The van der Waals surface area contributed by atoms with Gasteiger partial charge in [-0.2, -0.15) is 0 Å². The quantitative estimate of drug-likeness (QED) is 0.729. The summed E-state index contributed by atoms with van der Waals surface area (Å²) in [6.07, 6.45) is 4.00. The zero-order valence-electron chi connectivity index (χ0n) is 15.5. The maximum absolute atomic E-state index is 12.5. The summed E-state index contributed by atoms with van der Waals surface area (Å²) in [5, 5.41) is 0. The Labute approximate surface area is 141 Å². The Morgan fingerprint density at radius 2 is 2.13 bits per heavy atom. The summed E-state index contributed by atoms with van der Waals surface area (Å²) in [7, 11) is 1.50. The van der Waals surface area contributed by atoms with E-state index in [9.17, 15) is 4.79 Å². The average Bonchev–Trinajstić information content (AvgIpc) is 2.49. The topological polar surface area (TPSA) is 29.5 Å². The van der Waals surface area contributed by atoms with E-state index in [2.05, 4.69) is 57.7 Å². The van der Waals surface area contributed by atoms with Gasteiger partial charge in [-0.25, -0.2) is 4.79 Å². The Hall–Kier alpha value is -1.51. The van der Waals surface area contributed by atoms with Crippen LogP contribution in [0, 0.1) is 6.92 Å². The highest BCUT2D eigenvalue weighted by Crippen LogP contribution is 2.45. The van der Waals surface area contributed by atoms with Crippen LogP contribution < -0.4 is 4.90 Å². The Morgan fingerprint density at radius 3 is 2.74 bits per heavy atom. The molecule has 0 amide bonds. The van der Waals surface area contributed by atoms with Crippen molar-refractivity contribution in [1.82, 2.24) is 0 Å². The molecule has 1 aromatic rings. The fraction of sp³-hybridized carbons (Fsp3) is 0.650. The standard InChI is InChI=1S/C20H31NO2/c1-7-8-9-18(19(22)23-6)21-17-11-10-14(2)12-16(17)15(3)13-20(21,4)5/h10-12,15,18H,7-9,13H2,1-6H3/t15-,18-/m1/s1. The molecule has 0 fully saturated rings. The number of rotatable bonds is 5. The third kappa shape index (κ3) is 3.54. The molecular formula is C20H31NO2. The number of hydrogen-bond donors (Lipinski definition) is 0. The van der Waals surface area contributed by atoms with Crippen molar-refractivity contribution in [1.29, 1.82) is 0 Å². The van der Waals surface area contributed by atoms with Crippen LogP contribution in [-0.4, -0.2) is 24.7 Å². The Morgan fingerprint density at radius 1 is 1.43 bits per heavy atom. The fourth-order valence-electron chi connectivity index (χ4n) is 4.05. The van der Waals surface area contributed by atoms with E-state index in [1.54, 1.807) is 0 Å². The summed E-state index contributed by atoms with van der Waals surface area (Å²) in [5.41, 5.74) is 3.77. The van der Waals surface area contributed by atoms with Crippen LogP contribution in [0.15, 0.2) is 18.2 Å². The molecule has 3 heteroatoms. The summed E-state index contributed by atoms with van der Waals surface area (Å²) in [6.45, 7) is 11.1. The average molecular weight is 317 g/mol.